The van der Waals surface area contributed by atoms with Crippen molar-refractivity contribution in [3.63, 3.8) is 0 Å². The van der Waals surface area contributed by atoms with Crippen LogP contribution in [0.5, 0.6) is 5.75 Å². The van der Waals surface area contributed by atoms with Gasteiger partial charge in [-0.2, -0.15) is 0 Å². The van der Waals surface area contributed by atoms with E-state index in [0.717, 1.165) is 23.1 Å². The largest absolute Gasteiger partial charge is 0.507 e. The molecule has 0 radical (unpaired) electrons. The second-order valence-corrected chi connectivity index (χ2v) is 6.12. The molecule has 0 spiro atoms. The summed E-state index contributed by atoms with van der Waals surface area (Å²) in [6, 6.07) is 3.86. The van der Waals surface area contributed by atoms with Gasteiger partial charge >= 0.3 is 6.09 Å². The van der Waals surface area contributed by atoms with E-state index in [4.69, 9.17) is 4.74 Å². The van der Waals surface area contributed by atoms with Crippen molar-refractivity contribution in [3.05, 3.63) is 34.9 Å². The first-order chi connectivity index (χ1) is 9.69. The van der Waals surface area contributed by atoms with Gasteiger partial charge in [0.2, 0.25) is 0 Å². The van der Waals surface area contributed by atoms with Crippen molar-refractivity contribution >= 4 is 12.2 Å². The fourth-order valence-electron chi connectivity index (χ4n) is 1.88. The number of hydrogen-bond donors (Lipinski definition) is 2. The number of phenols is 1. The van der Waals surface area contributed by atoms with Gasteiger partial charge in [-0.25, -0.2) is 4.79 Å². The fourth-order valence-corrected chi connectivity index (χ4v) is 1.88. The van der Waals surface area contributed by atoms with E-state index in [-0.39, 0.29) is 0 Å². The minimum absolute atomic E-state index is 0.346. The van der Waals surface area contributed by atoms with E-state index in [0.29, 0.717) is 12.3 Å². The number of nitrogens with one attached hydrogen (secondary N) is 1. The summed E-state index contributed by atoms with van der Waals surface area (Å²) >= 11 is 0. The zero-order valence-corrected chi connectivity index (χ0v) is 13.5. The van der Waals surface area contributed by atoms with Crippen molar-refractivity contribution < 1.29 is 14.6 Å². The second kappa shape index (κ2) is 7.16. The molecule has 0 unspecified atom stereocenters. The summed E-state index contributed by atoms with van der Waals surface area (Å²) in [7, 11) is 0. The Morgan fingerprint density at radius 1 is 1.29 bits per heavy atom. The van der Waals surface area contributed by atoms with Crippen LogP contribution in [0.15, 0.2) is 18.2 Å². The molecule has 4 nitrogen and oxygen atoms in total. The van der Waals surface area contributed by atoms with Gasteiger partial charge < -0.3 is 15.2 Å². The van der Waals surface area contributed by atoms with E-state index in [1.165, 1.54) is 0 Å². The lowest BCUT2D eigenvalue weighted by atomic mass is 10.1. The maximum Gasteiger partial charge on any atom is 0.407 e. The number of aromatic hydroxyl groups is 1. The molecule has 0 saturated heterocycles. The molecule has 0 atom stereocenters. The molecule has 2 N–H and O–H groups in total. The highest BCUT2D eigenvalue weighted by atomic mass is 16.6. The molecule has 0 aliphatic heterocycles. The third kappa shape index (κ3) is 6.34. The van der Waals surface area contributed by atoms with Gasteiger partial charge in [-0.05, 0) is 69.9 Å². The first-order valence-corrected chi connectivity index (χ1v) is 7.12. The monoisotopic (exact) mass is 291 g/mol. The van der Waals surface area contributed by atoms with Crippen LogP contribution in [0.1, 0.15) is 43.9 Å². The molecule has 0 bridgehead atoms. The SMILES string of the molecule is Cc1cc(C=CCCNC(=O)OC(C)(C)C)cc(C)c1O. The number of aryl methyl sites for hydroxylation is 2. The molecule has 4 heteroatoms. The molecule has 1 amide bonds. The maximum absolute atomic E-state index is 11.4. The highest BCUT2D eigenvalue weighted by Gasteiger charge is 2.15. The first kappa shape index (κ1) is 17.1. The van der Waals surface area contributed by atoms with Gasteiger partial charge in [0.05, 0.1) is 0 Å². The molecular formula is C17H25NO3. The average Bonchev–Trinajstić information content (AvgIpc) is 2.33. The summed E-state index contributed by atoms with van der Waals surface area (Å²) in [5.41, 5.74) is 2.30. The van der Waals surface area contributed by atoms with Crippen molar-refractivity contribution in [1.29, 1.82) is 0 Å². The second-order valence-electron chi connectivity index (χ2n) is 6.12. The third-order valence-electron chi connectivity index (χ3n) is 2.80. The van der Waals surface area contributed by atoms with Crippen LogP contribution in [0.3, 0.4) is 0 Å². The number of hydrogen-bond acceptors (Lipinski definition) is 3. The average molecular weight is 291 g/mol. The molecule has 0 saturated carbocycles. The van der Waals surface area contributed by atoms with E-state index >= 15 is 0 Å². The molecular weight excluding hydrogens is 266 g/mol. The first-order valence-electron chi connectivity index (χ1n) is 7.12. The maximum atomic E-state index is 11.4. The molecule has 1 aromatic carbocycles. The summed E-state index contributed by atoms with van der Waals surface area (Å²) in [6.45, 7) is 9.79. The van der Waals surface area contributed by atoms with E-state index in [2.05, 4.69) is 5.32 Å². The Labute approximate surface area is 126 Å². The number of carbonyl (C=O) groups is 1. The van der Waals surface area contributed by atoms with Gasteiger partial charge in [0, 0.05) is 6.54 Å². The van der Waals surface area contributed by atoms with Crippen LogP contribution in [0.25, 0.3) is 6.08 Å². The van der Waals surface area contributed by atoms with Crippen LogP contribution in [0, 0.1) is 13.8 Å². The number of amides is 1. The lowest BCUT2D eigenvalue weighted by Gasteiger charge is -2.19. The van der Waals surface area contributed by atoms with Gasteiger partial charge in [0.1, 0.15) is 11.4 Å². The molecule has 1 aromatic rings. The normalized spacial score (nSPS) is 11.7. The standard InChI is InChI=1S/C17H25NO3/c1-12-10-14(11-13(2)15(12)19)8-6-7-9-18-16(20)21-17(3,4)5/h6,8,10-11,19H,7,9H2,1-5H3,(H,18,20). The van der Waals surface area contributed by atoms with Crippen molar-refractivity contribution in [2.45, 2.75) is 46.6 Å². The van der Waals surface area contributed by atoms with Gasteiger partial charge in [0.15, 0.2) is 0 Å². The van der Waals surface area contributed by atoms with Gasteiger partial charge in [0.25, 0.3) is 0 Å². The van der Waals surface area contributed by atoms with E-state index < -0.39 is 11.7 Å². The van der Waals surface area contributed by atoms with E-state index in [9.17, 15) is 9.90 Å². The van der Waals surface area contributed by atoms with Crippen LogP contribution in [-0.4, -0.2) is 23.3 Å². The summed E-state index contributed by atoms with van der Waals surface area (Å²) < 4.78 is 5.15. The molecule has 1 rings (SSSR count). The van der Waals surface area contributed by atoms with E-state index in [1.54, 1.807) is 0 Å². The molecule has 0 heterocycles. The number of carbonyl (C=O) groups excluding carboxylic acids is 1. The summed E-state index contributed by atoms with van der Waals surface area (Å²) in [4.78, 5) is 11.4. The Kier molecular flexibility index (Phi) is 5.82. The Morgan fingerprint density at radius 2 is 1.86 bits per heavy atom. The highest BCUT2D eigenvalue weighted by molar-refractivity contribution is 5.67. The Hall–Kier alpha value is -1.97. The van der Waals surface area contributed by atoms with Gasteiger partial charge in [-0.15, -0.1) is 0 Å². The zero-order chi connectivity index (χ0) is 16.0. The molecule has 0 aliphatic carbocycles. The Balaban J connectivity index is 2.41. The van der Waals surface area contributed by atoms with Gasteiger partial charge in [-0.1, -0.05) is 12.2 Å². The van der Waals surface area contributed by atoms with Crippen LogP contribution in [-0.2, 0) is 4.74 Å². The number of alkyl carbamates (subject to hydrolysis) is 1. The number of ether oxygens (including phenoxy) is 1. The number of benzene rings is 1. The number of phenolic OH excluding ortho intramolecular Hbond substituents is 1. The lowest BCUT2D eigenvalue weighted by Crippen LogP contribution is -2.32. The minimum Gasteiger partial charge on any atom is -0.507 e. The predicted molar refractivity (Wildman–Crippen MR) is 85.5 cm³/mol. The topological polar surface area (TPSA) is 58.6 Å². The summed E-state index contributed by atoms with van der Waals surface area (Å²) in [5, 5.41) is 12.4. The summed E-state index contributed by atoms with van der Waals surface area (Å²) in [5.74, 6) is 0.346. The van der Waals surface area contributed by atoms with Crippen molar-refractivity contribution in [3.8, 4) is 5.75 Å². The Morgan fingerprint density at radius 3 is 2.38 bits per heavy atom. The van der Waals surface area contributed by atoms with Crippen molar-refractivity contribution in [2.24, 2.45) is 0 Å². The smallest absolute Gasteiger partial charge is 0.407 e. The van der Waals surface area contributed by atoms with Crippen LogP contribution in [0.4, 0.5) is 4.79 Å². The highest BCUT2D eigenvalue weighted by Crippen LogP contribution is 2.23. The Bertz CT molecular complexity index is 504. The molecule has 21 heavy (non-hydrogen) atoms. The van der Waals surface area contributed by atoms with E-state index in [1.807, 2.05) is 58.9 Å². The zero-order valence-electron chi connectivity index (χ0n) is 13.5. The third-order valence-corrected chi connectivity index (χ3v) is 2.80. The molecule has 0 fully saturated rings. The fraction of sp³-hybridized carbons (Fsp3) is 0.471. The molecule has 0 aromatic heterocycles. The van der Waals surface area contributed by atoms with Crippen LogP contribution < -0.4 is 5.32 Å². The van der Waals surface area contributed by atoms with Crippen LogP contribution >= 0.6 is 0 Å². The number of rotatable bonds is 4. The van der Waals surface area contributed by atoms with Crippen molar-refractivity contribution in [2.75, 3.05) is 6.54 Å². The van der Waals surface area contributed by atoms with Gasteiger partial charge in [-0.3, -0.25) is 0 Å². The minimum atomic E-state index is -0.471. The molecule has 116 valence electrons. The predicted octanol–water partition coefficient (Wildman–Crippen LogP) is 3.94. The van der Waals surface area contributed by atoms with Crippen LogP contribution in [0.2, 0.25) is 0 Å². The molecule has 0 aliphatic rings. The summed E-state index contributed by atoms with van der Waals surface area (Å²) in [6.07, 6.45) is 4.30. The lowest BCUT2D eigenvalue weighted by molar-refractivity contribution is 0.0529. The quantitative estimate of drug-likeness (QED) is 0.826. The van der Waals surface area contributed by atoms with Crippen molar-refractivity contribution in [1.82, 2.24) is 5.32 Å².